The van der Waals surface area contributed by atoms with E-state index in [9.17, 15) is 9.59 Å². The van der Waals surface area contributed by atoms with Crippen LogP contribution in [-0.4, -0.2) is 66.2 Å². The van der Waals surface area contributed by atoms with E-state index in [1.165, 1.54) is 69.9 Å². The number of hydrogen-bond acceptors (Lipinski definition) is 7. The molecule has 1 saturated heterocycles. The Morgan fingerprint density at radius 1 is 0.974 bits per heavy atom. The van der Waals surface area contributed by atoms with Crippen molar-refractivity contribution in [2.75, 3.05) is 31.6 Å². The third-order valence-corrected chi connectivity index (χ3v) is 7.01. The van der Waals surface area contributed by atoms with Gasteiger partial charge in [0.25, 0.3) is 0 Å². The number of methoxy groups -OCH3 is 1. The standard InChI is InChI=1S/C28H43N5O5/c1-3-4-5-6-7-8-9-10-11-12-13-18-29-27(36)30-23-19-33(20-24(23)37-2)28-32-31-25(38-28)21-14-16-22(17-15-21)26(34)35/h14-17,23-24H,3-13,18-20H2,1-2H3,(H,34,35)(H2,29,30,36)/t23-,24-/m0/s1. The van der Waals surface area contributed by atoms with Crippen LogP contribution in [-0.2, 0) is 4.74 Å². The van der Waals surface area contributed by atoms with Crippen molar-refractivity contribution in [2.45, 2.75) is 89.7 Å². The van der Waals surface area contributed by atoms with E-state index in [1.807, 2.05) is 4.90 Å². The summed E-state index contributed by atoms with van der Waals surface area (Å²) in [6, 6.07) is 6.16. The Labute approximate surface area is 225 Å². The minimum Gasteiger partial charge on any atom is -0.478 e. The fourth-order valence-corrected chi connectivity index (χ4v) is 4.73. The van der Waals surface area contributed by atoms with Crippen molar-refractivity contribution in [3.8, 4) is 11.5 Å². The van der Waals surface area contributed by atoms with E-state index in [1.54, 1.807) is 19.2 Å². The van der Waals surface area contributed by atoms with Crippen molar-refractivity contribution in [3.05, 3.63) is 29.8 Å². The van der Waals surface area contributed by atoms with Gasteiger partial charge in [0, 0.05) is 25.8 Å². The van der Waals surface area contributed by atoms with E-state index in [0.717, 1.165) is 12.8 Å². The van der Waals surface area contributed by atoms with Crippen LogP contribution in [0.1, 0.15) is 87.9 Å². The maximum Gasteiger partial charge on any atom is 0.335 e. The molecule has 210 valence electrons. The van der Waals surface area contributed by atoms with Gasteiger partial charge in [-0.15, -0.1) is 5.10 Å². The summed E-state index contributed by atoms with van der Waals surface area (Å²) in [6.45, 7) is 3.88. The topological polar surface area (TPSA) is 130 Å². The zero-order valence-electron chi connectivity index (χ0n) is 22.8. The lowest BCUT2D eigenvalue weighted by Gasteiger charge is -2.18. The maximum atomic E-state index is 12.5. The van der Waals surface area contributed by atoms with Crippen molar-refractivity contribution in [1.82, 2.24) is 20.8 Å². The monoisotopic (exact) mass is 529 g/mol. The number of carbonyl (C=O) groups is 2. The lowest BCUT2D eigenvalue weighted by Crippen LogP contribution is -2.48. The predicted molar refractivity (Wildman–Crippen MR) is 146 cm³/mol. The summed E-state index contributed by atoms with van der Waals surface area (Å²) in [5.41, 5.74) is 0.819. The highest BCUT2D eigenvalue weighted by Crippen LogP contribution is 2.25. The first kappa shape index (κ1) is 29.4. The van der Waals surface area contributed by atoms with Gasteiger partial charge in [-0.05, 0) is 30.7 Å². The number of nitrogens with one attached hydrogen (secondary N) is 2. The summed E-state index contributed by atoms with van der Waals surface area (Å²) in [4.78, 5) is 25.4. The van der Waals surface area contributed by atoms with Crippen molar-refractivity contribution < 1.29 is 23.8 Å². The molecule has 0 aliphatic carbocycles. The molecule has 2 heterocycles. The largest absolute Gasteiger partial charge is 0.478 e. The molecule has 1 aliphatic rings. The number of carboxylic acids is 1. The zero-order chi connectivity index (χ0) is 27.2. The second-order valence-corrected chi connectivity index (χ2v) is 9.99. The van der Waals surface area contributed by atoms with E-state index in [0.29, 0.717) is 37.1 Å². The van der Waals surface area contributed by atoms with Crippen LogP contribution in [0.3, 0.4) is 0 Å². The van der Waals surface area contributed by atoms with Crippen LogP contribution in [0.2, 0.25) is 0 Å². The van der Waals surface area contributed by atoms with Gasteiger partial charge in [-0.25, -0.2) is 9.59 Å². The number of amides is 2. The van der Waals surface area contributed by atoms with Crippen LogP contribution in [0.15, 0.2) is 28.7 Å². The van der Waals surface area contributed by atoms with Crippen molar-refractivity contribution >= 4 is 18.0 Å². The number of unbranched alkanes of at least 4 members (excludes halogenated alkanes) is 10. The Kier molecular flexibility index (Phi) is 12.4. The highest BCUT2D eigenvalue weighted by Gasteiger charge is 2.36. The minimum absolute atomic E-state index is 0.187. The first-order valence-electron chi connectivity index (χ1n) is 14.0. The molecular weight excluding hydrogens is 486 g/mol. The molecule has 3 rings (SSSR count). The number of benzene rings is 1. The molecule has 1 aromatic heterocycles. The average molecular weight is 530 g/mol. The number of carbonyl (C=O) groups excluding carboxylic acids is 1. The summed E-state index contributed by atoms with van der Waals surface area (Å²) < 4.78 is 11.4. The Bertz CT molecular complexity index is 980. The average Bonchev–Trinajstić information content (AvgIpc) is 3.57. The third-order valence-electron chi connectivity index (χ3n) is 7.01. The maximum absolute atomic E-state index is 12.5. The highest BCUT2D eigenvalue weighted by atomic mass is 16.5. The van der Waals surface area contributed by atoms with Crippen LogP contribution < -0.4 is 15.5 Å². The summed E-state index contributed by atoms with van der Waals surface area (Å²) in [5, 5.41) is 23.3. The number of nitrogens with zero attached hydrogens (tertiary/aromatic N) is 3. The number of ether oxygens (including phenoxy) is 1. The molecule has 0 saturated carbocycles. The van der Waals surface area contributed by atoms with Gasteiger partial charge < -0.3 is 29.8 Å². The summed E-state index contributed by atoms with van der Waals surface area (Å²) in [5.74, 6) is -0.696. The molecule has 2 amide bonds. The molecule has 1 aliphatic heterocycles. The minimum atomic E-state index is -0.994. The summed E-state index contributed by atoms with van der Waals surface area (Å²) >= 11 is 0. The molecule has 0 bridgehead atoms. The smallest absolute Gasteiger partial charge is 0.335 e. The molecular formula is C28H43N5O5. The van der Waals surface area contributed by atoms with Crippen molar-refractivity contribution in [3.63, 3.8) is 0 Å². The van der Waals surface area contributed by atoms with Gasteiger partial charge in [0.1, 0.15) is 0 Å². The first-order valence-corrected chi connectivity index (χ1v) is 14.0. The number of aromatic carboxylic acids is 1. The zero-order valence-corrected chi connectivity index (χ0v) is 22.8. The number of rotatable bonds is 17. The number of carboxylic acid groups (broad SMARTS) is 1. The lowest BCUT2D eigenvalue weighted by atomic mass is 10.1. The number of hydrogen-bond donors (Lipinski definition) is 3. The van der Waals surface area contributed by atoms with Gasteiger partial charge in [0.05, 0.1) is 24.3 Å². The third kappa shape index (κ3) is 9.31. The molecule has 10 heteroatoms. The van der Waals surface area contributed by atoms with Gasteiger partial charge in [0.15, 0.2) is 0 Å². The molecule has 1 aromatic carbocycles. The van der Waals surface area contributed by atoms with Crippen LogP contribution in [0, 0.1) is 0 Å². The molecule has 1 fully saturated rings. The van der Waals surface area contributed by atoms with Gasteiger partial charge in [-0.2, -0.15) is 0 Å². The summed E-state index contributed by atoms with van der Waals surface area (Å²) in [6.07, 6.45) is 13.8. The number of anilines is 1. The van der Waals surface area contributed by atoms with E-state index in [-0.39, 0.29) is 23.7 Å². The molecule has 0 unspecified atom stereocenters. The number of aromatic nitrogens is 2. The second kappa shape index (κ2) is 16.0. The van der Waals surface area contributed by atoms with Gasteiger partial charge in [-0.1, -0.05) is 76.2 Å². The van der Waals surface area contributed by atoms with Crippen LogP contribution in [0.4, 0.5) is 10.8 Å². The van der Waals surface area contributed by atoms with Gasteiger partial charge in [0.2, 0.25) is 5.89 Å². The van der Waals surface area contributed by atoms with Gasteiger partial charge >= 0.3 is 18.0 Å². The molecule has 0 spiro atoms. The van der Waals surface area contributed by atoms with E-state index >= 15 is 0 Å². The van der Waals surface area contributed by atoms with Crippen LogP contribution >= 0.6 is 0 Å². The predicted octanol–water partition coefficient (Wildman–Crippen LogP) is 5.25. The van der Waals surface area contributed by atoms with Crippen LogP contribution in [0.5, 0.6) is 0 Å². The lowest BCUT2D eigenvalue weighted by molar-refractivity contribution is 0.0697. The molecule has 3 N–H and O–H groups in total. The summed E-state index contributed by atoms with van der Waals surface area (Å²) in [7, 11) is 1.62. The second-order valence-electron chi connectivity index (χ2n) is 9.99. The van der Waals surface area contributed by atoms with E-state index in [2.05, 4.69) is 27.8 Å². The molecule has 2 aromatic rings. The number of urea groups is 1. The first-order chi connectivity index (χ1) is 18.5. The SMILES string of the molecule is CCCCCCCCCCCCCNC(=O)N[C@H]1CN(c2nnc(-c3ccc(C(=O)O)cc3)o2)C[C@@H]1OC. The fraction of sp³-hybridized carbons (Fsp3) is 0.643. The van der Waals surface area contributed by atoms with E-state index < -0.39 is 5.97 Å². The fourth-order valence-electron chi connectivity index (χ4n) is 4.73. The molecule has 38 heavy (non-hydrogen) atoms. The van der Waals surface area contributed by atoms with Gasteiger partial charge in [-0.3, -0.25) is 0 Å². The van der Waals surface area contributed by atoms with Crippen molar-refractivity contribution in [2.24, 2.45) is 0 Å². The van der Waals surface area contributed by atoms with E-state index in [4.69, 9.17) is 14.3 Å². The Morgan fingerprint density at radius 3 is 2.21 bits per heavy atom. The normalized spacial score (nSPS) is 17.1. The molecule has 2 atom stereocenters. The highest BCUT2D eigenvalue weighted by molar-refractivity contribution is 5.88. The molecule has 10 nitrogen and oxygen atoms in total. The Morgan fingerprint density at radius 2 is 1.61 bits per heavy atom. The quantitative estimate of drug-likeness (QED) is 0.237. The van der Waals surface area contributed by atoms with Crippen molar-refractivity contribution in [1.29, 1.82) is 0 Å². The van der Waals surface area contributed by atoms with Crippen LogP contribution in [0.25, 0.3) is 11.5 Å². The molecule has 0 radical (unpaired) electrons. The Balaban J connectivity index is 1.34. The Hall–Kier alpha value is -3.14.